The fourth-order valence-electron chi connectivity index (χ4n) is 0.542. The number of nitroso groups, excluding NO2 is 1. The fourth-order valence-corrected chi connectivity index (χ4v) is 0.542. The fraction of sp³-hybridized carbons (Fsp3) is 0. The monoisotopic (exact) mass is 184 g/mol. The minimum atomic E-state index is 0. The van der Waals surface area contributed by atoms with Crippen LogP contribution in [0.1, 0.15) is 0 Å². The molecule has 10 heavy (non-hydrogen) atoms. The molecule has 3 nitrogen and oxygen atoms in total. The average molecular weight is 185 g/mol. The maximum absolute atomic E-state index is 9.56. The van der Waals surface area contributed by atoms with Crippen LogP contribution in [0.25, 0.3) is 5.43 Å². The molecule has 0 aliphatic rings. The van der Waals surface area contributed by atoms with Gasteiger partial charge in [-0.05, 0) is 0 Å². The van der Waals surface area contributed by atoms with Crippen LogP contribution in [0.3, 0.4) is 0 Å². The third-order valence-electron chi connectivity index (χ3n) is 0.912. The van der Waals surface area contributed by atoms with Crippen molar-refractivity contribution < 1.29 is 17.1 Å². The van der Waals surface area contributed by atoms with Crippen molar-refractivity contribution in [3.8, 4) is 0 Å². The second kappa shape index (κ2) is 4.97. The van der Waals surface area contributed by atoms with Gasteiger partial charge in [0.05, 0.1) is 0 Å². The summed E-state index contributed by atoms with van der Waals surface area (Å²) in [6.45, 7) is 0. The van der Waals surface area contributed by atoms with E-state index in [-0.39, 0.29) is 17.1 Å². The van der Waals surface area contributed by atoms with E-state index in [4.69, 9.17) is 0 Å². The van der Waals surface area contributed by atoms with Gasteiger partial charge in [-0.3, -0.25) is 0 Å². The predicted molar refractivity (Wildman–Crippen MR) is 35.3 cm³/mol. The van der Waals surface area contributed by atoms with Gasteiger partial charge in [-0.2, -0.15) is 4.91 Å². The normalized spacial score (nSPS) is 7.60. The molecule has 0 heterocycles. The number of hydrogen-bond acceptors (Lipinski definition) is 2. The van der Waals surface area contributed by atoms with Gasteiger partial charge >= 0.3 is 17.1 Å². The third kappa shape index (κ3) is 2.62. The zero-order valence-corrected chi connectivity index (χ0v) is 5.93. The largest absolute Gasteiger partial charge is 1.00 e. The summed E-state index contributed by atoms with van der Waals surface area (Å²) in [5, 5.41) is 2.38. The molecule has 0 saturated carbocycles. The second-order valence-corrected chi connectivity index (χ2v) is 1.52. The molecule has 0 aromatic heterocycles. The molecule has 0 radical (unpaired) electrons. The van der Waals surface area contributed by atoms with E-state index < -0.39 is 0 Å². The minimum Gasteiger partial charge on any atom is -0.537 e. The van der Waals surface area contributed by atoms with E-state index in [1.54, 1.807) is 24.3 Å². The van der Waals surface area contributed by atoms with Gasteiger partial charge in [0.1, 0.15) is 0 Å². The van der Waals surface area contributed by atoms with Crippen molar-refractivity contribution >= 4 is 5.69 Å². The van der Waals surface area contributed by atoms with E-state index in [1.165, 1.54) is 0 Å². The quantitative estimate of drug-likeness (QED) is 0.395. The molecule has 1 aromatic carbocycles. The van der Waals surface area contributed by atoms with Gasteiger partial charge in [-0.15, -0.1) is 11.0 Å². The maximum Gasteiger partial charge on any atom is 1.00 e. The summed E-state index contributed by atoms with van der Waals surface area (Å²) >= 11 is 0. The molecular formula is C6H5CuN2O. The zero-order valence-electron chi connectivity index (χ0n) is 4.99. The van der Waals surface area contributed by atoms with Crippen LogP contribution in [-0.4, -0.2) is 0 Å². The molecule has 1 rings (SSSR count). The van der Waals surface area contributed by atoms with E-state index in [1.807, 2.05) is 6.07 Å². The summed E-state index contributed by atoms with van der Waals surface area (Å²) in [4.78, 5) is 9.56. The van der Waals surface area contributed by atoms with Crippen LogP contribution in [-0.2, 0) is 17.1 Å². The first kappa shape index (κ1) is 9.14. The Hall–Kier alpha value is -0.861. The van der Waals surface area contributed by atoms with Gasteiger partial charge in [0.25, 0.3) is 0 Å². The van der Waals surface area contributed by atoms with E-state index >= 15 is 0 Å². The Morgan fingerprint density at radius 1 is 1.20 bits per heavy atom. The molecule has 0 atom stereocenters. The molecule has 0 saturated heterocycles. The zero-order chi connectivity index (χ0) is 6.53. The standard InChI is InChI=1S/C6H6N2O.Cu/c9-8-7-6-4-2-1-3-5-6;/h1-5H,(H,7,9);/q;+1/p-1. The van der Waals surface area contributed by atoms with Crippen molar-refractivity contribution in [3.05, 3.63) is 40.7 Å². The summed E-state index contributed by atoms with van der Waals surface area (Å²) in [5.74, 6) is 0. The van der Waals surface area contributed by atoms with Crippen molar-refractivity contribution in [1.82, 2.24) is 0 Å². The first-order chi connectivity index (χ1) is 4.43. The minimum absolute atomic E-state index is 0. The molecule has 0 aliphatic heterocycles. The smallest absolute Gasteiger partial charge is 0.537 e. The van der Waals surface area contributed by atoms with Crippen LogP contribution in [0.2, 0.25) is 0 Å². The van der Waals surface area contributed by atoms with E-state index in [0.717, 1.165) is 0 Å². The number of benzene rings is 1. The SMILES string of the molecule is O=N[N-]c1ccccc1.[Cu+]. The van der Waals surface area contributed by atoms with Gasteiger partial charge in [0, 0.05) is 0 Å². The molecule has 0 bridgehead atoms. The molecule has 1 aromatic rings. The Bertz CT molecular complexity index is 190. The molecule has 0 amide bonds. The molecule has 4 heteroatoms. The summed E-state index contributed by atoms with van der Waals surface area (Å²) in [6.07, 6.45) is 0. The molecular weight excluding hydrogens is 180 g/mol. The molecule has 0 N–H and O–H groups in total. The molecule has 0 fully saturated rings. The third-order valence-corrected chi connectivity index (χ3v) is 0.912. The molecule has 0 aliphatic carbocycles. The van der Waals surface area contributed by atoms with Crippen molar-refractivity contribution in [1.29, 1.82) is 0 Å². The van der Waals surface area contributed by atoms with Crippen molar-refractivity contribution in [2.75, 3.05) is 0 Å². The number of hydrogen-bond donors (Lipinski definition) is 0. The van der Waals surface area contributed by atoms with Crippen LogP contribution in [0, 0.1) is 4.91 Å². The first-order valence-corrected chi connectivity index (χ1v) is 2.52. The first-order valence-electron chi connectivity index (χ1n) is 2.52. The van der Waals surface area contributed by atoms with Gasteiger partial charge < -0.3 is 5.43 Å². The van der Waals surface area contributed by atoms with Crippen LogP contribution in [0.4, 0.5) is 5.69 Å². The Kier molecular flexibility index (Phi) is 4.54. The van der Waals surface area contributed by atoms with Crippen LogP contribution >= 0.6 is 0 Å². The molecule has 0 unspecified atom stereocenters. The van der Waals surface area contributed by atoms with E-state index in [2.05, 4.69) is 10.7 Å². The van der Waals surface area contributed by atoms with Crippen molar-refractivity contribution in [2.45, 2.75) is 0 Å². The summed E-state index contributed by atoms with van der Waals surface area (Å²) < 4.78 is 0. The maximum atomic E-state index is 9.56. The van der Waals surface area contributed by atoms with Crippen LogP contribution in [0.5, 0.6) is 0 Å². The molecule has 0 spiro atoms. The van der Waals surface area contributed by atoms with Gasteiger partial charge in [0.2, 0.25) is 0 Å². The average Bonchev–Trinajstić information content (AvgIpc) is 1.91. The van der Waals surface area contributed by atoms with Crippen LogP contribution in [0.15, 0.2) is 35.6 Å². The van der Waals surface area contributed by atoms with Crippen LogP contribution < -0.4 is 0 Å². The summed E-state index contributed by atoms with van der Waals surface area (Å²) in [7, 11) is 0. The predicted octanol–water partition coefficient (Wildman–Crippen LogP) is 2.37. The topological polar surface area (TPSA) is 43.5 Å². The number of rotatable bonds is 2. The molecule has 56 valence electrons. The van der Waals surface area contributed by atoms with Gasteiger partial charge in [-0.1, -0.05) is 30.3 Å². The van der Waals surface area contributed by atoms with Crippen molar-refractivity contribution in [3.63, 3.8) is 0 Å². The summed E-state index contributed by atoms with van der Waals surface area (Å²) in [5.41, 5.74) is 3.87. The Labute approximate surface area is 69.2 Å². The Morgan fingerprint density at radius 3 is 2.30 bits per heavy atom. The summed E-state index contributed by atoms with van der Waals surface area (Å²) in [6, 6.07) is 8.86. The number of nitrogens with zero attached hydrogens (tertiary/aromatic N) is 2. The Morgan fingerprint density at radius 2 is 1.80 bits per heavy atom. The Balaban J connectivity index is 0.000000810. The second-order valence-electron chi connectivity index (χ2n) is 1.52. The van der Waals surface area contributed by atoms with Gasteiger partial charge in [-0.25, -0.2) is 0 Å². The van der Waals surface area contributed by atoms with Gasteiger partial charge in [0.15, 0.2) is 0 Å². The van der Waals surface area contributed by atoms with E-state index in [0.29, 0.717) is 5.69 Å². The van der Waals surface area contributed by atoms with E-state index in [9.17, 15) is 4.91 Å². The van der Waals surface area contributed by atoms with Crippen molar-refractivity contribution in [2.24, 2.45) is 5.29 Å².